The average molecular weight is 279 g/mol. The van der Waals surface area contributed by atoms with E-state index in [-0.39, 0.29) is 4.90 Å². The van der Waals surface area contributed by atoms with Crippen LogP contribution in [0.15, 0.2) is 35.4 Å². The molecule has 0 unspecified atom stereocenters. The summed E-state index contributed by atoms with van der Waals surface area (Å²) in [6, 6.07) is 6.72. The Morgan fingerprint density at radius 3 is 3.05 bits per heavy atom. The Morgan fingerprint density at radius 1 is 1.42 bits per heavy atom. The molecule has 6 nitrogen and oxygen atoms in total. The maximum Gasteiger partial charge on any atom is 0.240 e. The number of aromatic nitrogens is 2. The van der Waals surface area contributed by atoms with Crippen LogP contribution in [0.5, 0.6) is 5.88 Å². The molecule has 0 saturated heterocycles. The van der Waals surface area contributed by atoms with Crippen molar-refractivity contribution in [3.05, 3.63) is 30.5 Å². The van der Waals surface area contributed by atoms with Gasteiger partial charge in [0.2, 0.25) is 15.9 Å². The third kappa shape index (κ3) is 2.00. The molecule has 1 aliphatic rings. The van der Waals surface area contributed by atoms with E-state index in [0.717, 1.165) is 17.7 Å². The van der Waals surface area contributed by atoms with Crippen molar-refractivity contribution in [3.63, 3.8) is 0 Å². The molecule has 1 aromatic heterocycles. The molecular weight excluding hydrogens is 266 g/mol. The second-order valence-electron chi connectivity index (χ2n) is 4.17. The lowest BCUT2D eigenvalue weighted by molar-refractivity contribution is 0.358. The van der Waals surface area contributed by atoms with Gasteiger partial charge in [0.25, 0.3) is 0 Å². The molecule has 1 N–H and O–H groups in total. The molecule has 19 heavy (non-hydrogen) atoms. The highest BCUT2D eigenvalue weighted by molar-refractivity contribution is 7.89. The number of rotatable bonds is 3. The Hall–Kier alpha value is -1.86. The van der Waals surface area contributed by atoms with Crippen molar-refractivity contribution >= 4 is 10.0 Å². The van der Waals surface area contributed by atoms with Gasteiger partial charge in [-0.05, 0) is 24.7 Å². The van der Waals surface area contributed by atoms with Crippen molar-refractivity contribution in [2.75, 3.05) is 13.7 Å². The lowest BCUT2D eigenvalue weighted by Crippen LogP contribution is -2.18. The van der Waals surface area contributed by atoms with Crippen LogP contribution in [0.1, 0.15) is 0 Å². The van der Waals surface area contributed by atoms with Crippen LogP contribution in [-0.2, 0) is 16.6 Å². The zero-order valence-corrected chi connectivity index (χ0v) is 11.1. The van der Waals surface area contributed by atoms with Gasteiger partial charge in [0, 0.05) is 0 Å². The minimum Gasteiger partial charge on any atom is -0.475 e. The van der Waals surface area contributed by atoms with Gasteiger partial charge in [-0.2, -0.15) is 5.10 Å². The summed E-state index contributed by atoms with van der Waals surface area (Å²) in [6.07, 6.45) is 1.69. The molecule has 1 aromatic carbocycles. The van der Waals surface area contributed by atoms with Crippen molar-refractivity contribution < 1.29 is 13.2 Å². The molecular formula is C12H13N3O3S. The highest BCUT2D eigenvalue weighted by Crippen LogP contribution is 2.33. The van der Waals surface area contributed by atoms with Crippen molar-refractivity contribution in [1.29, 1.82) is 0 Å². The minimum absolute atomic E-state index is 0.227. The summed E-state index contributed by atoms with van der Waals surface area (Å²) >= 11 is 0. The quantitative estimate of drug-likeness (QED) is 0.904. The van der Waals surface area contributed by atoms with Crippen LogP contribution in [0, 0.1) is 0 Å². The topological polar surface area (TPSA) is 73.2 Å². The van der Waals surface area contributed by atoms with E-state index in [1.54, 1.807) is 29.1 Å². The fraction of sp³-hybridized carbons (Fsp3) is 0.250. The highest BCUT2D eigenvalue weighted by Gasteiger charge is 2.20. The van der Waals surface area contributed by atoms with Crippen LogP contribution in [0.2, 0.25) is 0 Å². The van der Waals surface area contributed by atoms with Crippen LogP contribution in [0.25, 0.3) is 11.1 Å². The maximum atomic E-state index is 11.8. The number of hydrogen-bond donors (Lipinski definition) is 1. The van der Waals surface area contributed by atoms with Gasteiger partial charge in [-0.1, -0.05) is 12.1 Å². The lowest BCUT2D eigenvalue weighted by atomic mass is 10.1. The molecule has 0 saturated carbocycles. The third-order valence-corrected chi connectivity index (χ3v) is 4.47. The van der Waals surface area contributed by atoms with E-state index in [0.29, 0.717) is 12.5 Å². The van der Waals surface area contributed by atoms with Crippen LogP contribution in [0.3, 0.4) is 0 Å². The molecule has 3 rings (SSSR count). The average Bonchev–Trinajstić information content (AvgIpc) is 3.01. The normalized spacial score (nSPS) is 14.2. The van der Waals surface area contributed by atoms with E-state index >= 15 is 0 Å². The van der Waals surface area contributed by atoms with Crippen LogP contribution in [-0.4, -0.2) is 31.9 Å². The van der Waals surface area contributed by atoms with Gasteiger partial charge >= 0.3 is 0 Å². The van der Waals surface area contributed by atoms with Gasteiger partial charge in [-0.25, -0.2) is 17.8 Å². The lowest BCUT2D eigenvalue weighted by Gasteiger charge is -2.05. The first-order valence-corrected chi connectivity index (χ1v) is 7.33. The van der Waals surface area contributed by atoms with E-state index in [1.165, 1.54) is 7.05 Å². The van der Waals surface area contributed by atoms with Gasteiger partial charge in [-0.15, -0.1) is 0 Å². The fourth-order valence-electron chi connectivity index (χ4n) is 2.06. The van der Waals surface area contributed by atoms with Crippen LogP contribution < -0.4 is 9.46 Å². The molecule has 2 heterocycles. The van der Waals surface area contributed by atoms with Gasteiger partial charge in [0.15, 0.2) is 0 Å². The van der Waals surface area contributed by atoms with E-state index in [2.05, 4.69) is 9.82 Å². The SMILES string of the molecule is CNS(=O)(=O)c1cccc(-c2cnn3c2OCC3)c1. The van der Waals surface area contributed by atoms with Gasteiger partial charge in [0.1, 0.15) is 6.61 Å². The van der Waals surface area contributed by atoms with E-state index in [4.69, 9.17) is 4.74 Å². The third-order valence-electron chi connectivity index (χ3n) is 3.06. The monoisotopic (exact) mass is 279 g/mol. The number of hydrogen-bond acceptors (Lipinski definition) is 4. The highest BCUT2D eigenvalue weighted by atomic mass is 32.2. The first-order chi connectivity index (χ1) is 9.12. The van der Waals surface area contributed by atoms with Gasteiger partial charge in [-0.3, -0.25) is 0 Å². The summed E-state index contributed by atoms with van der Waals surface area (Å²) < 4.78 is 33.2. The molecule has 7 heteroatoms. The maximum absolute atomic E-state index is 11.8. The van der Waals surface area contributed by atoms with Crippen LogP contribution in [0.4, 0.5) is 0 Å². The Kier molecular flexibility index (Phi) is 2.79. The van der Waals surface area contributed by atoms with Crippen molar-refractivity contribution in [3.8, 4) is 17.0 Å². The number of sulfonamides is 1. The molecule has 0 amide bonds. The van der Waals surface area contributed by atoms with Crippen molar-refractivity contribution in [2.24, 2.45) is 0 Å². The largest absolute Gasteiger partial charge is 0.475 e. The first kappa shape index (κ1) is 12.2. The molecule has 1 aliphatic heterocycles. The predicted molar refractivity (Wildman–Crippen MR) is 69.4 cm³/mol. The molecule has 0 spiro atoms. The van der Waals surface area contributed by atoms with Crippen molar-refractivity contribution in [1.82, 2.24) is 14.5 Å². The number of nitrogens with zero attached hydrogens (tertiary/aromatic N) is 2. The second kappa shape index (κ2) is 4.36. The number of fused-ring (bicyclic) bond motifs is 1. The summed E-state index contributed by atoms with van der Waals surface area (Å²) in [4.78, 5) is 0.227. The molecule has 100 valence electrons. The number of nitrogens with one attached hydrogen (secondary N) is 1. The molecule has 2 aromatic rings. The standard InChI is InChI=1S/C12H13N3O3S/c1-13-19(16,17)10-4-2-3-9(7-10)11-8-14-15-5-6-18-12(11)15/h2-4,7-8,13H,5-6H2,1H3. The van der Waals surface area contributed by atoms with Crippen LogP contribution >= 0.6 is 0 Å². The van der Waals surface area contributed by atoms with Gasteiger partial charge in [0.05, 0.1) is 23.2 Å². The Morgan fingerprint density at radius 2 is 2.26 bits per heavy atom. The Balaban J connectivity index is 2.09. The summed E-state index contributed by atoms with van der Waals surface area (Å²) in [5.74, 6) is 0.694. The zero-order valence-electron chi connectivity index (χ0n) is 10.3. The Bertz CT molecular complexity index is 722. The first-order valence-electron chi connectivity index (χ1n) is 5.84. The molecule has 0 radical (unpaired) electrons. The molecule has 0 aliphatic carbocycles. The number of benzene rings is 1. The Labute approximate surface area is 111 Å². The fourth-order valence-corrected chi connectivity index (χ4v) is 2.84. The molecule has 0 bridgehead atoms. The summed E-state index contributed by atoms with van der Waals surface area (Å²) in [5.41, 5.74) is 1.59. The van der Waals surface area contributed by atoms with E-state index in [9.17, 15) is 8.42 Å². The minimum atomic E-state index is -3.44. The van der Waals surface area contributed by atoms with E-state index < -0.39 is 10.0 Å². The summed E-state index contributed by atoms with van der Waals surface area (Å²) in [5, 5.41) is 4.21. The van der Waals surface area contributed by atoms with E-state index in [1.807, 2.05) is 6.07 Å². The van der Waals surface area contributed by atoms with Crippen molar-refractivity contribution in [2.45, 2.75) is 11.4 Å². The zero-order chi connectivity index (χ0) is 13.5. The molecule has 0 atom stereocenters. The second-order valence-corrected chi connectivity index (χ2v) is 6.06. The predicted octanol–water partition coefficient (Wildman–Crippen LogP) is 0.851. The van der Waals surface area contributed by atoms with Gasteiger partial charge < -0.3 is 4.74 Å². The smallest absolute Gasteiger partial charge is 0.240 e. The molecule has 0 fully saturated rings. The summed E-state index contributed by atoms with van der Waals surface area (Å²) in [7, 11) is -2.05. The summed E-state index contributed by atoms with van der Waals surface area (Å²) in [6.45, 7) is 1.33. The number of ether oxygens (including phenoxy) is 1.